The van der Waals surface area contributed by atoms with Crippen LogP contribution in [0.15, 0.2) is 26.0 Å². The highest BCUT2D eigenvalue weighted by Crippen LogP contribution is 2.35. The lowest BCUT2D eigenvalue weighted by molar-refractivity contribution is 0.0730. The molecule has 1 heterocycles. The van der Waals surface area contributed by atoms with Gasteiger partial charge in [-0.2, -0.15) is 4.31 Å². The maximum atomic E-state index is 12.6. The molecule has 1 aromatic rings. The van der Waals surface area contributed by atoms with Crippen LogP contribution in [0.2, 0.25) is 0 Å². The second-order valence-corrected chi connectivity index (χ2v) is 7.55. The standard InChI is InChI=1S/C11H13Br2NO4S/c1-17-10-7-11(9(13)6-8(10)12)19(15,16)14-2-4-18-5-3-14/h6-7H,2-5H2,1H3. The van der Waals surface area contributed by atoms with Crippen LogP contribution >= 0.6 is 31.9 Å². The number of ether oxygens (including phenoxy) is 2. The number of nitrogens with zero attached hydrogens (tertiary/aromatic N) is 1. The molecule has 19 heavy (non-hydrogen) atoms. The van der Waals surface area contributed by atoms with Gasteiger partial charge in [0, 0.05) is 23.6 Å². The van der Waals surface area contributed by atoms with Gasteiger partial charge in [-0.05, 0) is 37.9 Å². The van der Waals surface area contributed by atoms with E-state index in [1.165, 1.54) is 17.5 Å². The molecular formula is C11H13Br2NO4S. The SMILES string of the molecule is COc1cc(S(=O)(=O)N2CCOCC2)c(Br)cc1Br. The molecule has 0 bridgehead atoms. The maximum absolute atomic E-state index is 12.6. The fourth-order valence-corrected chi connectivity index (χ4v) is 5.03. The summed E-state index contributed by atoms with van der Waals surface area (Å²) < 4.78 is 38.1. The molecule has 1 aliphatic rings. The summed E-state index contributed by atoms with van der Waals surface area (Å²) in [7, 11) is -2.04. The first-order chi connectivity index (χ1) is 8.96. The van der Waals surface area contributed by atoms with E-state index in [-0.39, 0.29) is 4.90 Å². The lowest BCUT2D eigenvalue weighted by atomic mass is 10.3. The Morgan fingerprint density at radius 1 is 1.21 bits per heavy atom. The van der Waals surface area contributed by atoms with Crippen molar-refractivity contribution in [1.29, 1.82) is 0 Å². The monoisotopic (exact) mass is 413 g/mol. The lowest BCUT2D eigenvalue weighted by Gasteiger charge is -2.26. The number of sulfonamides is 1. The molecule has 1 saturated heterocycles. The van der Waals surface area contributed by atoms with Gasteiger partial charge in [-0.15, -0.1) is 0 Å². The molecule has 0 spiro atoms. The fourth-order valence-electron chi connectivity index (χ4n) is 1.79. The third-order valence-corrected chi connectivity index (χ3v) is 6.27. The van der Waals surface area contributed by atoms with Gasteiger partial charge in [-0.1, -0.05) is 0 Å². The largest absolute Gasteiger partial charge is 0.496 e. The molecule has 0 radical (unpaired) electrons. The van der Waals surface area contributed by atoms with E-state index in [1.807, 2.05) is 0 Å². The normalized spacial score (nSPS) is 17.4. The van der Waals surface area contributed by atoms with Crippen LogP contribution in [-0.2, 0) is 14.8 Å². The number of hydrogen-bond donors (Lipinski definition) is 0. The molecule has 5 nitrogen and oxygen atoms in total. The van der Waals surface area contributed by atoms with Crippen LogP contribution < -0.4 is 4.74 Å². The van der Waals surface area contributed by atoms with Crippen molar-refractivity contribution in [2.75, 3.05) is 33.4 Å². The van der Waals surface area contributed by atoms with E-state index in [1.54, 1.807) is 6.07 Å². The van der Waals surface area contributed by atoms with E-state index in [2.05, 4.69) is 31.9 Å². The molecule has 0 atom stereocenters. The molecule has 8 heteroatoms. The van der Waals surface area contributed by atoms with Gasteiger partial charge in [0.1, 0.15) is 10.6 Å². The van der Waals surface area contributed by atoms with Gasteiger partial charge in [0.25, 0.3) is 0 Å². The predicted octanol–water partition coefficient (Wildman–Crippen LogP) is 2.24. The quantitative estimate of drug-likeness (QED) is 0.761. The lowest BCUT2D eigenvalue weighted by Crippen LogP contribution is -2.40. The molecule has 1 aliphatic heterocycles. The summed E-state index contributed by atoms with van der Waals surface area (Å²) in [6.45, 7) is 1.58. The van der Waals surface area contributed by atoms with Gasteiger partial charge in [-0.25, -0.2) is 8.42 Å². The molecule has 0 N–H and O–H groups in total. The highest BCUT2D eigenvalue weighted by Gasteiger charge is 2.29. The van der Waals surface area contributed by atoms with Crippen molar-refractivity contribution in [3.63, 3.8) is 0 Å². The number of hydrogen-bond acceptors (Lipinski definition) is 4. The Hall–Kier alpha value is -0.150. The number of methoxy groups -OCH3 is 1. The second kappa shape index (κ2) is 6.09. The molecule has 106 valence electrons. The van der Waals surface area contributed by atoms with Gasteiger partial charge in [0.15, 0.2) is 0 Å². The number of rotatable bonds is 3. The Morgan fingerprint density at radius 2 is 1.84 bits per heavy atom. The van der Waals surface area contributed by atoms with Crippen molar-refractivity contribution in [3.8, 4) is 5.75 Å². The highest BCUT2D eigenvalue weighted by atomic mass is 79.9. The van der Waals surface area contributed by atoms with Crippen molar-refractivity contribution in [2.45, 2.75) is 4.90 Å². The van der Waals surface area contributed by atoms with Gasteiger partial charge in [0.05, 0.1) is 24.8 Å². The molecule has 0 saturated carbocycles. The topological polar surface area (TPSA) is 55.8 Å². The molecule has 2 rings (SSSR count). The van der Waals surface area contributed by atoms with Gasteiger partial charge in [0.2, 0.25) is 10.0 Å². The average Bonchev–Trinajstić information content (AvgIpc) is 2.39. The van der Waals surface area contributed by atoms with Crippen molar-refractivity contribution >= 4 is 41.9 Å². The van der Waals surface area contributed by atoms with Crippen LogP contribution in [0.25, 0.3) is 0 Å². The summed E-state index contributed by atoms with van der Waals surface area (Å²) in [6.07, 6.45) is 0. The molecule has 0 amide bonds. The first kappa shape index (κ1) is 15.2. The fraction of sp³-hybridized carbons (Fsp3) is 0.455. The number of morpholine rings is 1. The Labute approximate surface area is 129 Å². The van der Waals surface area contributed by atoms with Crippen molar-refractivity contribution in [2.24, 2.45) is 0 Å². The molecule has 1 fully saturated rings. The van der Waals surface area contributed by atoms with Crippen LogP contribution in [0.3, 0.4) is 0 Å². The zero-order chi connectivity index (χ0) is 14.0. The van der Waals surface area contributed by atoms with Crippen molar-refractivity contribution in [1.82, 2.24) is 4.31 Å². The maximum Gasteiger partial charge on any atom is 0.244 e. The summed E-state index contributed by atoms with van der Waals surface area (Å²) >= 11 is 6.61. The summed E-state index contributed by atoms with van der Waals surface area (Å²) in [5.41, 5.74) is 0. The first-order valence-corrected chi connectivity index (χ1v) is 8.60. The van der Waals surface area contributed by atoms with Crippen LogP contribution in [0, 0.1) is 0 Å². The predicted molar refractivity (Wildman–Crippen MR) is 78.0 cm³/mol. The minimum Gasteiger partial charge on any atom is -0.496 e. The van der Waals surface area contributed by atoms with E-state index < -0.39 is 10.0 Å². The Bertz CT molecular complexity index is 570. The Morgan fingerprint density at radius 3 is 2.42 bits per heavy atom. The van der Waals surface area contributed by atoms with Gasteiger partial charge >= 0.3 is 0 Å². The van der Waals surface area contributed by atoms with Gasteiger partial charge < -0.3 is 9.47 Å². The smallest absolute Gasteiger partial charge is 0.244 e. The van der Waals surface area contributed by atoms with E-state index >= 15 is 0 Å². The minimum atomic E-state index is -3.54. The van der Waals surface area contributed by atoms with E-state index in [9.17, 15) is 8.42 Å². The summed E-state index contributed by atoms with van der Waals surface area (Å²) in [6, 6.07) is 3.19. The van der Waals surface area contributed by atoms with Gasteiger partial charge in [-0.3, -0.25) is 0 Å². The Kier molecular flexibility index (Phi) is 4.88. The summed E-state index contributed by atoms with van der Waals surface area (Å²) in [5.74, 6) is 0.482. The molecule has 0 aliphatic carbocycles. The zero-order valence-corrected chi connectivity index (χ0v) is 14.2. The van der Waals surface area contributed by atoms with E-state index in [4.69, 9.17) is 9.47 Å². The molecule has 0 unspecified atom stereocenters. The number of benzene rings is 1. The van der Waals surface area contributed by atoms with Crippen LogP contribution in [0.4, 0.5) is 0 Å². The zero-order valence-electron chi connectivity index (χ0n) is 10.2. The Balaban J connectivity index is 2.44. The first-order valence-electron chi connectivity index (χ1n) is 5.57. The summed E-state index contributed by atoms with van der Waals surface area (Å²) in [5, 5.41) is 0. The number of halogens is 2. The average molecular weight is 415 g/mol. The molecule has 1 aromatic carbocycles. The molecule has 0 aromatic heterocycles. The summed E-state index contributed by atoms with van der Waals surface area (Å²) in [4.78, 5) is 0.203. The van der Waals surface area contributed by atoms with Crippen molar-refractivity contribution < 1.29 is 17.9 Å². The van der Waals surface area contributed by atoms with Crippen molar-refractivity contribution in [3.05, 3.63) is 21.1 Å². The third-order valence-electron chi connectivity index (χ3n) is 2.79. The highest BCUT2D eigenvalue weighted by molar-refractivity contribution is 9.11. The minimum absolute atomic E-state index is 0.203. The van der Waals surface area contributed by atoms with Crippen LogP contribution in [0.1, 0.15) is 0 Å². The van der Waals surface area contributed by atoms with E-state index in [0.29, 0.717) is 41.0 Å². The van der Waals surface area contributed by atoms with Crippen LogP contribution in [-0.4, -0.2) is 46.1 Å². The third kappa shape index (κ3) is 3.13. The van der Waals surface area contributed by atoms with Crippen LogP contribution in [0.5, 0.6) is 5.75 Å². The second-order valence-electron chi connectivity index (χ2n) is 3.93. The molecular weight excluding hydrogens is 402 g/mol. The van der Waals surface area contributed by atoms with E-state index in [0.717, 1.165) is 0 Å².